The summed E-state index contributed by atoms with van der Waals surface area (Å²) in [5.41, 5.74) is 2.30. The van der Waals surface area contributed by atoms with Crippen LogP contribution in [0.1, 0.15) is 22.0 Å². The van der Waals surface area contributed by atoms with Crippen molar-refractivity contribution in [2.75, 3.05) is 20.2 Å². The summed E-state index contributed by atoms with van der Waals surface area (Å²) < 4.78 is 4.83. The molecule has 5 heteroatoms. The number of ether oxygens (including phenoxy) is 1. The Morgan fingerprint density at radius 2 is 2.19 bits per heavy atom. The zero-order valence-electron chi connectivity index (χ0n) is 11.7. The maximum Gasteiger partial charge on any atom is 0.319 e. The van der Waals surface area contributed by atoms with E-state index in [9.17, 15) is 4.79 Å². The number of carbonyl (C=O) groups excluding carboxylic acids is 1. The van der Waals surface area contributed by atoms with Gasteiger partial charge in [-0.15, -0.1) is 11.3 Å². The van der Waals surface area contributed by atoms with E-state index in [0.717, 1.165) is 23.6 Å². The first-order valence-electron chi connectivity index (χ1n) is 6.82. The SMILES string of the molecule is COC(=O)CN1CCc2sccc2C1c1ccccc1Cl. The number of halogens is 1. The molecule has 1 aromatic carbocycles. The largest absolute Gasteiger partial charge is 0.468 e. The molecule has 1 aliphatic rings. The highest BCUT2D eigenvalue weighted by molar-refractivity contribution is 7.10. The van der Waals surface area contributed by atoms with Crippen LogP contribution in [0.25, 0.3) is 0 Å². The second kappa shape index (κ2) is 6.18. The highest BCUT2D eigenvalue weighted by Gasteiger charge is 2.32. The van der Waals surface area contributed by atoms with Gasteiger partial charge in [0, 0.05) is 16.4 Å². The molecule has 0 aliphatic carbocycles. The monoisotopic (exact) mass is 321 g/mol. The number of hydrogen-bond acceptors (Lipinski definition) is 4. The van der Waals surface area contributed by atoms with Gasteiger partial charge in [-0.05, 0) is 35.1 Å². The molecule has 21 heavy (non-hydrogen) atoms. The van der Waals surface area contributed by atoms with Gasteiger partial charge in [-0.1, -0.05) is 29.8 Å². The van der Waals surface area contributed by atoms with E-state index < -0.39 is 0 Å². The average molecular weight is 322 g/mol. The Morgan fingerprint density at radius 1 is 1.38 bits per heavy atom. The van der Waals surface area contributed by atoms with Gasteiger partial charge in [0.25, 0.3) is 0 Å². The standard InChI is InChI=1S/C16H16ClNO2S/c1-20-15(19)10-18-8-6-14-12(7-9-21-14)16(18)11-4-2-3-5-13(11)17/h2-5,7,9,16H,6,8,10H2,1H3. The van der Waals surface area contributed by atoms with Crippen LogP contribution in [0.5, 0.6) is 0 Å². The predicted octanol–water partition coefficient (Wildman–Crippen LogP) is 3.52. The van der Waals surface area contributed by atoms with Crippen molar-refractivity contribution in [3.05, 3.63) is 56.7 Å². The number of rotatable bonds is 3. The Bertz CT molecular complexity index is 655. The van der Waals surface area contributed by atoms with E-state index in [1.807, 2.05) is 24.3 Å². The average Bonchev–Trinajstić information content (AvgIpc) is 2.96. The summed E-state index contributed by atoms with van der Waals surface area (Å²) in [5, 5.41) is 2.84. The Kier molecular flexibility index (Phi) is 4.29. The van der Waals surface area contributed by atoms with Gasteiger partial charge in [0.1, 0.15) is 0 Å². The third kappa shape index (κ3) is 2.84. The van der Waals surface area contributed by atoms with Crippen molar-refractivity contribution in [3.63, 3.8) is 0 Å². The molecule has 3 nitrogen and oxygen atoms in total. The molecule has 1 unspecified atom stereocenters. The molecule has 2 heterocycles. The van der Waals surface area contributed by atoms with E-state index in [2.05, 4.69) is 16.3 Å². The molecule has 0 N–H and O–H groups in total. The third-order valence-corrected chi connectivity index (χ3v) is 5.17. The van der Waals surface area contributed by atoms with Crippen LogP contribution in [-0.2, 0) is 16.0 Å². The highest BCUT2D eigenvalue weighted by atomic mass is 35.5. The van der Waals surface area contributed by atoms with Crippen LogP contribution in [0.3, 0.4) is 0 Å². The molecule has 0 radical (unpaired) electrons. The molecule has 0 fully saturated rings. The smallest absolute Gasteiger partial charge is 0.319 e. The van der Waals surface area contributed by atoms with Crippen LogP contribution in [-0.4, -0.2) is 31.1 Å². The predicted molar refractivity (Wildman–Crippen MR) is 84.9 cm³/mol. The van der Waals surface area contributed by atoms with Crippen LogP contribution in [0.2, 0.25) is 5.02 Å². The van der Waals surface area contributed by atoms with E-state index in [4.69, 9.17) is 16.3 Å². The molecule has 0 amide bonds. The fraction of sp³-hybridized carbons (Fsp3) is 0.312. The van der Waals surface area contributed by atoms with Crippen molar-refractivity contribution < 1.29 is 9.53 Å². The van der Waals surface area contributed by atoms with Crippen molar-refractivity contribution in [2.45, 2.75) is 12.5 Å². The number of benzene rings is 1. The summed E-state index contributed by atoms with van der Waals surface area (Å²) >= 11 is 8.16. The van der Waals surface area contributed by atoms with Crippen molar-refractivity contribution in [1.29, 1.82) is 0 Å². The summed E-state index contributed by atoms with van der Waals surface area (Å²) in [7, 11) is 1.42. The quantitative estimate of drug-likeness (QED) is 0.810. The molecular weight excluding hydrogens is 306 g/mol. The number of nitrogens with zero attached hydrogens (tertiary/aromatic N) is 1. The second-order valence-corrected chi connectivity index (χ2v) is 6.43. The summed E-state index contributed by atoms with van der Waals surface area (Å²) in [5.74, 6) is -0.217. The van der Waals surface area contributed by atoms with E-state index >= 15 is 0 Å². The zero-order chi connectivity index (χ0) is 14.8. The van der Waals surface area contributed by atoms with Crippen molar-refractivity contribution in [1.82, 2.24) is 4.90 Å². The number of fused-ring (bicyclic) bond motifs is 1. The number of carbonyl (C=O) groups is 1. The summed E-state index contributed by atoms with van der Waals surface area (Å²) in [6.45, 7) is 1.11. The van der Waals surface area contributed by atoms with Crippen molar-refractivity contribution in [2.24, 2.45) is 0 Å². The van der Waals surface area contributed by atoms with Crippen LogP contribution in [0, 0.1) is 0 Å². The number of esters is 1. The minimum absolute atomic E-state index is 0.0211. The fourth-order valence-electron chi connectivity index (χ4n) is 2.83. The van der Waals surface area contributed by atoms with Crippen molar-refractivity contribution in [3.8, 4) is 0 Å². The maximum absolute atomic E-state index is 11.7. The first kappa shape index (κ1) is 14.6. The van der Waals surface area contributed by atoms with Gasteiger partial charge in [-0.2, -0.15) is 0 Å². The van der Waals surface area contributed by atoms with E-state index in [1.54, 1.807) is 11.3 Å². The lowest BCUT2D eigenvalue weighted by atomic mass is 9.93. The molecule has 3 rings (SSSR count). The number of methoxy groups -OCH3 is 1. The maximum atomic E-state index is 11.7. The van der Waals surface area contributed by atoms with Gasteiger partial charge < -0.3 is 4.74 Å². The first-order chi connectivity index (χ1) is 10.2. The Morgan fingerprint density at radius 3 is 2.95 bits per heavy atom. The van der Waals surface area contributed by atoms with Gasteiger partial charge >= 0.3 is 5.97 Å². The third-order valence-electron chi connectivity index (χ3n) is 3.83. The highest BCUT2D eigenvalue weighted by Crippen LogP contribution is 2.39. The lowest BCUT2D eigenvalue weighted by molar-refractivity contribution is -0.142. The molecule has 1 aromatic heterocycles. The first-order valence-corrected chi connectivity index (χ1v) is 8.08. The normalized spacial score (nSPS) is 18.3. The van der Waals surface area contributed by atoms with Crippen LogP contribution >= 0.6 is 22.9 Å². The molecule has 2 aromatic rings. The summed E-state index contributed by atoms with van der Waals surface area (Å²) in [6.07, 6.45) is 0.963. The number of thiophene rings is 1. The summed E-state index contributed by atoms with van der Waals surface area (Å²) in [4.78, 5) is 15.2. The molecule has 1 atom stereocenters. The van der Waals surface area contributed by atoms with Gasteiger partial charge in [0.2, 0.25) is 0 Å². The topological polar surface area (TPSA) is 29.5 Å². The number of hydrogen-bond donors (Lipinski definition) is 0. The molecular formula is C16H16ClNO2S. The Labute approximate surface area is 133 Å². The van der Waals surface area contributed by atoms with E-state index in [1.165, 1.54) is 17.6 Å². The minimum Gasteiger partial charge on any atom is -0.468 e. The Balaban J connectivity index is 2.02. The zero-order valence-corrected chi connectivity index (χ0v) is 13.3. The lowest BCUT2D eigenvalue weighted by Crippen LogP contribution is -2.39. The van der Waals surface area contributed by atoms with Crippen molar-refractivity contribution >= 4 is 28.9 Å². The van der Waals surface area contributed by atoms with Gasteiger partial charge in [0.05, 0.1) is 19.7 Å². The van der Waals surface area contributed by atoms with Crippen LogP contribution < -0.4 is 0 Å². The molecule has 110 valence electrons. The van der Waals surface area contributed by atoms with Crippen LogP contribution in [0.4, 0.5) is 0 Å². The van der Waals surface area contributed by atoms with Gasteiger partial charge in [0.15, 0.2) is 0 Å². The fourth-order valence-corrected chi connectivity index (χ4v) is 3.97. The molecule has 0 bridgehead atoms. The molecule has 0 saturated heterocycles. The summed E-state index contributed by atoms with van der Waals surface area (Å²) in [6, 6.07) is 9.99. The van der Waals surface area contributed by atoms with E-state index in [-0.39, 0.29) is 18.6 Å². The lowest BCUT2D eigenvalue weighted by Gasteiger charge is -2.35. The van der Waals surface area contributed by atoms with Gasteiger partial charge in [-0.25, -0.2) is 0 Å². The second-order valence-electron chi connectivity index (χ2n) is 5.02. The van der Waals surface area contributed by atoms with E-state index in [0.29, 0.717) is 0 Å². The Hall–Kier alpha value is -1.36. The molecule has 0 saturated carbocycles. The van der Waals surface area contributed by atoms with Crippen LogP contribution in [0.15, 0.2) is 35.7 Å². The molecule has 1 aliphatic heterocycles. The molecule has 0 spiro atoms. The van der Waals surface area contributed by atoms with Gasteiger partial charge in [-0.3, -0.25) is 9.69 Å². The minimum atomic E-state index is -0.217.